The van der Waals surface area contributed by atoms with Crippen LogP contribution in [0.4, 0.5) is 0 Å². The van der Waals surface area contributed by atoms with E-state index in [1.165, 1.54) is 0 Å². The van der Waals surface area contributed by atoms with Crippen LogP contribution in [0.3, 0.4) is 0 Å². The number of carbonyl (C=O) groups excluding carboxylic acids is 1. The third-order valence-corrected chi connectivity index (χ3v) is 5.08. The summed E-state index contributed by atoms with van der Waals surface area (Å²) in [5.41, 5.74) is 0. The van der Waals surface area contributed by atoms with Gasteiger partial charge in [-0.3, -0.25) is 9.69 Å². The number of carbonyl (C=O) groups is 1. The van der Waals surface area contributed by atoms with Crippen molar-refractivity contribution in [2.24, 2.45) is 5.92 Å². The van der Waals surface area contributed by atoms with Crippen LogP contribution < -0.4 is 0 Å². The van der Waals surface area contributed by atoms with Gasteiger partial charge in [-0.05, 0) is 26.7 Å². The summed E-state index contributed by atoms with van der Waals surface area (Å²) < 4.78 is 7.39. The molecule has 6 heteroatoms. The van der Waals surface area contributed by atoms with Crippen molar-refractivity contribution in [1.82, 2.24) is 19.4 Å². The van der Waals surface area contributed by atoms with Crippen molar-refractivity contribution in [2.75, 3.05) is 33.4 Å². The van der Waals surface area contributed by atoms with Crippen LogP contribution in [0.15, 0.2) is 12.4 Å². The molecule has 1 aromatic heterocycles. The number of amides is 1. The second-order valence-corrected chi connectivity index (χ2v) is 6.99. The fourth-order valence-electron chi connectivity index (χ4n) is 3.88. The minimum absolute atomic E-state index is 0.132. The van der Waals surface area contributed by atoms with Gasteiger partial charge >= 0.3 is 0 Å². The molecule has 3 saturated heterocycles. The molecule has 4 rings (SSSR count). The van der Waals surface area contributed by atoms with E-state index in [2.05, 4.69) is 28.3 Å². The van der Waals surface area contributed by atoms with Crippen molar-refractivity contribution in [1.29, 1.82) is 0 Å². The first-order valence-electron chi connectivity index (χ1n) is 8.63. The highest BCUT2D eigenvalue weighted by atomic mass is 16.5. The molecule has 0 aliphatic carbocycles. The topological polar surface area (TPSA) is 50.6 Å². The highest BCUT2D eigenvalue weighted by molar-refractivity contribution is 5.80. The van der Waals surface area contributed by atoms with Gasteiger partial charge in [0.25, 0.3) is 0 Å². The van der Waals surface area contributed by atoms with Gasteiger partial charge in [0.05, 0.1) is 19.1 Å². The number of nitrogens with zero attached hydrogens (tertiary/aromatic N) is 4. The van der Waals surface area contributed by atoms with E-state index in [-0.39, 0.29) is 5.92 Å². The number of aromatic nitrogens is 2. The van der Waals surface area contributed by atoms with Gasteiger partial charge in [-0.2, -0.15) is 0 Å². The molecule has 4 heterocycles. The van der Waals surface area contributed by atoms with E-state index in [9.17, 15) is 4.79 Å². The number of hydrogen-bond donors (Lipinski definition) is 0. The third-order valence-electron chi connectivity index (χ3n) is 5.08. The minimum Gasteiger partial charge on any atom is -0.383 e. The number of fused-ring (bicyclic) bond motifs is 4. The van der Waals surface area contributed by atoms with Crippen molar-refractivity contribution in [3.8, 4) is 0 Å². The summed E-state index contributed by atoms with van der Waals surface area (Å²) in [6.45, 7) is 8.29. The number of imidazole rings is 1. The van der Waals surface area contributed by atoms with Crippen LogP contribution in [0.2, 0.25) is 0 Å². The predicted octanol–water partition coefficient (Wildman–Crippen LogP) is 1.53. The zero-order valence-corrected chi connectivity index (χ0v) is 14.4. The molecule has 0 aromatic carbocycles. The Labute approximate surface area is 138 Å². The Morgan fingerprint density at radius 3 is 2.91 bits per heavy atom. The van der Waals surface area contributed by atoms with Crippen LogP contribution in [-0.4, -0.2) is 64.7 Å². The Bertz CT molecular complexity index is 542. The number of hydrogen-bond acceptors (Lipinski definition) is 4. The minimum atomic E-state index is 0.132. The third kappa shape index (κ3) is 3.43. The van der Waals surface area contributed by atoms with Crippen molar-refractivity contribution >= 4 is 5.91 Å². The fraction of sp³-hybridized carbons (Fsp3) is 0.765. The standard InChI is InChI=1S/C17H28N4O2/c1-13(2)20-7-6-18-16(20)12-19-10-14-4-5-15(11-19)21(17(14)22)8-9-23-3/h6-7,13-15H,4-5,8-12H2,1-3H3. The van der Waals surface area contributed by atoms with Crippen LogP contribution in [0.25, 0.3) is 0 Å². The molecule has 0 N–H and O–H groups in total. The first-order chi connectivity index (χ1) is 11.1. The SMILES string of the molecule is COCCN1C(=O)C2CCC1CN(Cc1nccn1C(C)C)C2. The maximum atomic E-state index is 12.7. The molecule has 1 amide bonds. The maximum absolute atomic E-state index is 12.7. The van der Waals surface area contributed by atoms with Crippen LogP contribution in [0, 0.1) is 5.92 Å². The first-order valence-corrected chi connectivity index (χ1v) is 8.63. The second kappa shape index (κ2) is 7.01. The predicted molar refractivity (Wildman–Crippen MR) is 88.0 cm³/mol. The Balaban J connectivity index is 1.71. The molecule has 0 saturated carbocycles. The van der Waals surface area contributed by atoms with Gasteiger partial charge in [0.2, 0.25) is 5.91 Å². The number of piperidine rings is 1. The molecule has 0 spiro atoms. The monoisotopic (exact) mass is 320 g/mol. The summed E-state index contributed by atoms with van der Waals surface area (Å²) in [6, 6.07) is 0.731. The quantitative estimate of drug-likeness (QED) is 0.798. The molecule has 23 heavy (non-hydrogen) atoms. The lowest BCUT2D eigenvalue weighted by atomic mass is 9.94. The smallest absolute Gasteiger partial charge is 0.227 e. The number of methoxy groups -OCH3 is 1. The van der Waals surface area contributed by atoms with Gasteiger partial charge in [0.15, 0.2) is 0 Å². The molecule has 3 fully saturated rings. The van der Waals surface area contributed by atoms with Gasteiger partial charge < -0.3 is 14.2 Å². The molecule has 2 bridgehead atoms. The van der Waals surface area contributed by atoms with E-state index in [1.807, 2.05) is 17.3 Å². The van der Waals surface area contributed by atoms with Gasteiger partial charge in [-0.1, -0.05) is 0 Å². The molecule has 3 aliphatic rings. The van der Waals surface area contributed by atoms with E-state index in [0.717, 1.165) is 38.3 Å². The second-order valence-electron chi connectivity index (χ2n) is 6.99. The van der Waals surface area contributed by atoms with Crippen molar-refractivity contribution < 1.29 is 9.53 Å². The average Bonchev–Trinajstić information content (AvgIpc) is 2.83. The Hall–Kier alpha value is -1.40. The molecular weight excluding hydrogens is 292 g/mol. The number of rotatable bonds is 6. The molecule has 3 aliphatic heterocycles. The van der Waals surface area contributed by atoms with Crippen molar-refractivity contribution in [2.45, 2.75) is 45.3 Å². The lowest BCUT2D eigenvalue weighted by molar-refractivity contribution is -0.140. The molecule has 0 radical (unpaired) electrons. The lowest BCUT2D eigenvalue weighted by Crippen LogP contribution is -2.49. The summed E-state index contributed by atoms with van der Waals surface area (Å²) in [6.07, 6.45) is 6.04. The summed E-state index contributed by atoms with van der Waals surface area (Å²) in [5, 5.41) is 0. The van der Waals surface area contributed by atoms with Crippen LogP contribution in [0.5, 0.6) is 0 Å². The van der Waals surface area contributed by atoms with Gasteiger partial charge in [-0.25, -0.2) is 4.98 Å². The van der Waals surface area contributed by atoms with Gasteiger partial charge in [0.1, 0.15) is 5.82 Å². The van der Waals surface area contributed by atoms with Gasteiger partial charge in [0, 0.05) is 51.2 Å². The largest absolute Gasteiger partial charge is 0.383 e. The molecule has 128 valence electrons. The Morgan fingerprint density at radius 2 is 2.17 bits per heavy atom. The summed E-state index contributed by atoms with van der Waals surface area (Å²) in [4.78, 5) is 21.6. The van der Waals surface area contributed by atoms with Crippen LogP contribution in [-0.2, 0) is 16.1 Å². The normalized spacial score (nSPS) is 25.4. The number of ether oxygens (including phenoxy) is 1. The molecular formula is C17H28N4O2. The van der Waals surface area contributed by atoms with E-state index in [0.29, 0.717) is 31.1 Å². The maximum Gasteiger partial charge on any atom is 0.227 e. The van der Waals surface area contributed by atoms with Gasteiger partial charge in [-0.15, -0.1) is 0 Å². The van der Waals surface area contributed by atoms with E-state index >= 15 is 0 Å². The van der Waals surface area contributed by atoms with Crippen LogP contribution >= 0.6 is 0 Å². The fourth-order valence-corrected chi connectivity index (χ4v) is 3.88. The zero-order chi connectivity index (χ0) is 16.4. The highest BCUT2D eigenvalue weighted by Crippen LogP contribution is 2.29. The Morgan fingerprint density at radius 1 is 1.35 bits per heavy atom. The summed E-state index contributed by atoms with van der Waals surface area (Å²) >= 11 is 0. The lowest BCUT2D eigenvalue weighted by Gasteiger charge is -2.35. The van der Waals surface area contributed by atoms with E-state index < -0.39 is 0 Å². The highest BCUT2D eigenvalue weighted by Gasteiger charge is 2.40. The van der Waals surface area contributed by atoms with E-state index in [1.54, 1.807) is 7.11 Å². The van der Waals surface area contributed by atoms with E-state index in [4.69, 9.17) is 4.74 Å². The zero-order valence-electron chi connectivity index (χ0n) is 14.4. The molecule has 2 atom stereocenters. The average molecular weight is 320 g/mol. The molecule has 6 nitrogen and oxygen atoms in total. The Kier molecular flexibility index (Phi) is 5.02. The summed E-state index contributed by atoms with van der Waals surface area (Å²) in [5.74, 6) is 1.54. The van der Waals surface area contributed by atoms with Crippen molar-refractivity contribution in [3.05, 3.63) is 18.2 Å². The van der Waals surface area contributed by atoms with Crippen LogP contribution in [0.1, 0.15) is 38.6 Å². The molecule has 2 unspecified atom stereocenters. The first kappa shape index (κ1) is 16.5. The summed E-state index contributed by atoms with van der Waals surface area (Å²) in [7, 11) is 1.69. The molecule has 1 aromatic rings. The van der Waals surface area contributed by atoms with Crippen molar-refractivity contribution in [3.63, 3.8) is 0 Å².